The number of methoxy groups -OCH3 is 1. The van der Waals surface area contributed by atoms with Crippen molar-refractivity contribution in [3.63, 3.8) is 0 Å². The minimum atomic E-state index is -1.50. The minimum absolute atomic E-state index is 0.0140. The van der Waals surface area contributed by atoms with E-state index in [1.807, 2.05) is 0 Å². The summed E-state index contributed by atoms with van der Waals surface area (Å²) in [5.74, 6) is -4.48. The molecular weight excluding hydrogens is 824 g/mol. The maximum atomic E-state index is 14.3. The van der Waals surface area contributed by atoms with Crippen molar-refractivity contribution in [2.24, 2.45) is 5.92 Å². The molecule has 2 aromatic carbocycles. The van der Waals surface area contributed by atoms with E-state index >= 15 is 0 Å². The van der Waals surface area contributed by atoms with Crippen molar-refractivity contribution in [3.8, 4) is 17.2 Å². The number of hydrogen-bond donors (Lipinski definition) is 8. The van der Waals surface area contributed by atoms with Crippen LogP contribution in [0.25, 0.3) is 10.8 Å². The molecule has 0 bridgehead atoms. The number of ketones is 3. The second-order valence-electron chi connectivity index (χ2n) is 15.8. The Bertz CT molecular complexity index is 1810. The maximum absolute atomic E-state index is 14.3. The molecule has 1 aliphatic heterocycles. The molecule has 62 heavy (non-hydrogen) atoms. The van der Waals surface area contributed by atoms with Crippen molar-refractivity contribution in [1.29, 1.82) is 0 Å². The molecule has 0 spiro atoms. The van der Waals surface area contributed by atoms with Gasteiger partial charge in [0, 0.05) is 31.9 Å². The van der Waals surface area contributed by atoms with Crippen LogP contribution in [0.15, 0.2) is 12.1 Å². The highest BCUT2D eigenvalue weighted by molar-refractivity contribution is 6.38. The molecule has 0 radical (unpaired) electrons. The summed E-state index contributed by atoms with van der Waals surface area (Å²) >= 11 is 0. The highest BCUT2D eigenvalue weighted by Crippen LogP contribution is 2.46. The van der Waals surface area contributed by atoms with Crippen LogP contribution in [-0.2, 0) is 53.9 Å². The van der Waals surface area contributed by atoms with E-state index in [1.54, 1.807) is 20.8 Å². The third-order valence-electron chi connectivity index (χ3n) is 11.2. The van der Waals surface area contributed by atoms with Gasteiger partial charge in [-0.15, -0.1) is 0 Å². The summed E-state index contributed by atoms with van der Waals surface area (Å²) in [6.07, 6.45) is -13.6. The molecule has 0 aromatic heterocycles. The first-order valence-corrected chi connectivity index (χ1v) is 20.4. The Kier molecular flexibility index (Phi) is 18.9. The molecule has 14 atom stereocenters. The summed E-state index contributed by atoms with van der Waals surface area (Å²) in [6, 6.07) is 3.05. The number of phenolic OH excluding ortho intramolecular Hbond substituents is 2. The fraction of sp³-hybridized carbons (Fsp3) is 0.690. The summed E-state index contributed by atoms with van der Waals surface area (Å²) in [7, 11) is 1.20. The molecule has 8 N–H and O–H groups in total. The van der Waals surface area contributed by atoms with Gasteiger partial charge in [-0.2, -0.15) is 0 Å². The van der Waals surface area contributed by atoms with E-state index in [4.69, 9.17) is 47.7 Å². The number of fused-ring (bicyclic) bond motifs is 2. The predicted octanol–water partition coefficient (Wildman–Crippen LogP) is 0.293. The van der Waals surface area contributed by atoms with Crippen LogP contribution in [0.2, 0.25) is 0 Å². The van der Waals surface area contributed by atoms with Crippen molar-refractivity contribution in [3.05, 3.63) is 28.8 Å². The third kappa shape index (κ3) is 12.4. The Hall–Kier alpha value is -3.45. The van der Waals surface area contributed by atoms with Gasteiger partial charge in [0.25, 0.3) is 0 Å². The number of aliphatic hydroxyl groups is 6. The first kappa shape index (κ1) is 51.2. The lowest BCUT2D eigenvalue weighted by Crippen LogP contribution is -2.49. The molecule has 20 nitrogen and oxygen atoms in total. The van der Waals surface area contributed by atoms with Crippen LogP contribution >= 0.6 is 0 Å². The molecule has 350 valence electrons. The molecule has 4 rings (SSSR count). The summed E-state index contributed by atoms with van der Waals surface area (Å²) in [6.45, 7) is 8.49. The Morgan fingerprint density at radius 2 is 1.55 bits per heavy atom. The van der Waals surface area contributed by atoms with E-state index in [0.717, 1.165) is 6.92 Å². The van der Waals surface area contributed by atoms with Crippen molar-refractivity contribution in [1.82, 2.24) is 0 Å². The van der Waals surface area contributed by atoms with Gasteiger partial charge in [-0.3, -0.25) is 14.4 Å². The van der Waals surface area contributed by atoms with Crippen LogP contribution in [0.5, 0.6) is 17.2 Å². The second kappa shape index (κ2) is 22.9. The number of hydrogen-bond acceptors (Lipinski definition) is 20. The number of aliphatic hydroxyl groups excluding tert-OH is 6. The number of benzene rings is 2. The van der Waals surface area contributed by atoms with Crippen molar-refractivity contribution in [2.45, 2.75) is 141 Å². The molecule has 2 aliphatic rings. The zero-order valence-corrected chi connectivity index (χ0v) is 36.2. The van der Waals surface area contributed by atoms with Crippen LogP contribution in [0.1, 0.15) is 69.4 Å². The largest absolute Gasteiger partial charge is 0.507 e. The predicted molar refractivity (Wildman–Crippen MR) is 214 cm³/mol. The number of Topliss-reactive ketones (excluding diaryl/α,β-unsaturated/α-hetero) is 3. The summed E-state index contributed by atoms with van der Waals surface area (Å²) < 4.78 is 50.5. The van der Waals surface area contributed by atoms with Crippen LogP contribution in [-0.4, -0.2) is 178 Å². The number of carbonyl (C=O) groups excluding carboxylic acids is 3. The smallest absolute Gasteiger partial charge is 0.227 e. The van der Waals surface area contributed by atoms with Crippen molar-refractivity contribution < 1.29 is 97.9 Å². The van der Waals surface area contributed by atoms with Gasteiger partial charge in [-0.1, -0.05) is 0 Å². The Balaban J connectivity index is 1.50. The molecule has 2 aromatic rings. The Labute approximate surface area is 359 Å². The molecule has 1 fully saturated rings. The van der Waals surface area contributed by atoms with Gasteiger partial charge < -0.3 is 83.5 Å². The van der Waals surface area contributed by atoms with E-state index in [-0.39, 0.29) is 66.1 Å². The molecule has 1 aliphatic carbocycles. The molecule has 1 saturated heterocycles. The fourth-order valence-electron chi connectivity index (χ4n) is 7.18. The number of phenols is 2. The minimum Gasteiger partial charge on any atom is -0.507 e. The number of aromatic hydroxyl groups is 2. The van der Waals surface area contributed by atoms with Gasteiger partial charge >= 0.3 is 0 Å². The van der Waals surface area contributed by atoms with Gasteiger partial charge in [-0.25, -0.2) is 0 Å². The normalized spacial score (nSPS) is 25.6. The fourth-order valence-corrected chi connectivity index (χ4v) is 7.18. The van der Waals surface area contributed by atoms with E-state index in [9.17, 15) is 50.1 Å². The standard InChI is InChI=1S/C42H62O20/c1-18-32(62-24(7)60-22(5)31(48)15-56-33-12-28(45)38(51)23(6)61-33)11-26-9-25-10-27(41(54-8)37(50)19(2)44)42(40(53)35(25)39(52)34(26)36(18)49)59-17-58-21(4)30(47)14-55-16-57-20(3)29(46)13-43/h9,11,20-24,27-31,33,38,41-43,45-49,51-52H,10,12-17H2,1-8H3/t20?,21?,22?,23?,24?,27-,28?,29+,30-,31-,33+,38+,41-,42-/m0/s1. The van der Waals surface area contributed by atoms with E-state index in [1.165, 1.54) is 40.0 Å². The number of carbonyl (C=O) groups is 3. The third-order valence-corrected chi connectivity index (χ3v) is 11.2. The highest BCUT2D eigenvalue weighted by atomic mass is 16.7. The SMILES string of the molecule is CO[C@H](C(=O)C(C)=O)[C@@H]1Cc2cc3cc(OC(C)OC(C)[C@@H](O)CO[C@H]4CC(O)[C@H](O)C(C)O4)c(C)c(O)c3c(O)c2C(=O)[C@H]1OCOC(C)[C@@H](O)COCOC(C)[C@H](O)CO. The lowest BCUT2D eigenvalue weighted by molar-refractivity contribution is -0.256. The number of ether oxygens (including phenoxy) is 9. The maximum Gasteiger partial charge on any atom is 0.227 e. The zero-order chi connectivity index (χ0) is 46.2. The molecule has 6 unspecified atom stereocenters. The Morgan fingerprint density at radius 3 is 2.18 bits per heavy atom. The Morgan fingerprint density at radius 1 is 0.903 bits per heavy atom. The lowest BCUT2D eigenvalue weighted by atomic mass is 9.75. The van der Waals surface area contributed by atoms with Crippen molar-refractivity contribution in [2.75, 3.05) is 40.5 Å². The molecular formula is C42H62O20. The van der Waals surface area contributed by atoms with E-state index in [2.05, 4.69) is 0 Å². The molecule has 0 saturated carbocycles. The first-order valence-electron chi connectivity index (χ1n) is 20.4. The van der Waals surface area contributed by atoms with Gasteiger partial charge in [-0.05, 0) is 71.0 Å². The van der Waals surface area contributed by atoms with Gasteiger partial charge in [0.05, 0.1) is 61.3 Å². The monoisotopic (exact) mass is 886 g/mol. The first-order chi connectivity index (χ1) is 29.2. The topological polar surface area (TPSA) is 296 Å². The quantitative estimate of drug-likeness (QED) is 0.0399. The molecule has 20 heteroatoms. The van der Waals surface area contributed by atoms with E-state index in [0.29, 0.717) is 0 Å². The molecule has 1 heterocycles. The van der Waals surface area contributed by atoms with Crippen LogP contribution < -0.4 is 4.74 Å². The van der Waals surface area contributed by atoms with Crippen LogP contribution in [0.3, 0.4) is 0 Å². The highest BCUT2D eigenvalue weighted by Gasteiger charge is 2.46. The zero-order valence-electron chi connectivity index (χ0n) is 36.2. The van der Waals surface area contributed by atoms with Crippen molar-refractivity contribution >= 4 is 28.1 Å². The van der Waals surface area contributed by atoms with E-state index < -0.39 is 128 Å². The van der Waals surface area contributed by atoms with Gasteiger partial charge in [0.1, 0.15) is 67.5 Å². The van der Waals surface area contributed by atoms with Gasteiger partial charge in [0.2, 0.25) is 5.78 Å². The average molecular weight is 887 g/mol. The van der Waals surface area contributed by atoms with Gasteiger partial charge in [0.15, 0.2) is 24.1 Å². The van der Waals surface area contributed by atoms with Crippen LogP contribution in [0, 0.1) is 12.8 Å². The summed E-state index contributed by atoms with van der Waals surface area (Å²) in [5, 5.41) is 83.0. The van der Waals surface area contributed by atoms with Crippen LogP contribution in [0.4, 0.5) is 0 Å². The molecule has 0 amide bonds. The summed E-state index contributed by atoms with van der Waals surface area (Å²) in [5.41, 5.74) is 0.231. The second-order valence-corrected chi connectivity index (χ2v) is 15.8. The lowest BCUT2D eigenvalue weighted by Gasteiger charge is -2.36. The number of rotatable bonds is 24. The average Bonchev–Trinajstić information content (AvgIpc) is 3.22. The summed E-state index contributed by atoms with van der Waals surface area (Å²) in [4.78, 5) is 39.6.